The van der Waals surface area contributed by atoms with E-state index in [4.69, 9.17) is 9.97 Å². The summed E-state index contributed by atoms with van der Waals surface area (Å²) < 4.78 is 0. The molecule has 0 unspecified atom stereocenters. The van der Waals surface area contributed by atoms with Crippen LogP contribution in [0.4, 0.5) is 5.82 Å². The summed E-state index contributed by atoms with van der Waals surface area (Å²) in [7, 11) is 0. The molecule has 1 aliphatic rings. The average Bonchev–Trinajstić information content (AvgIpc) is 3.50. The van der Waals surface area contributed by atoms with Crippen LogP contribution in [0.2, 0.25) is 0 Å². The number of anilines is 1. The van der Waals surface area contributed by atoms with E-state index in [0.717, 1.165) is 66.8 Å². The lowest BCUT2D eigenvalue weighted by molar-refractivity contribution is 0.249. The number of piperazine rings is 1. The summed E-state index contributed by atoms with van der Waals surface area (Å²) in [5.74, 6) is 1.72. The molecule has 1 aliphatic heterocycles. The zero-order valence-corrected chi connectivity index (χ0v) is 20.8. The maximum absolute atomic E-state index is 5.01. The number of nitrogens with zero attached hydrogens (tertiary/aromatic N) is 5. The molecule has 0 radical (unpaired) electrons. The molecule has 6 heteroatoms. The molecule has 5 aromatic rings. The lowest BCUT2D eigenvalue weighted by Gasteiger charge is -2.35. The van der Waals surface area contributed by atoms with Gasteiger partial charge in [-0.15, -0.1) is 11.3 Å². The van der Waals surface area contributed by atoms with Gasteiger partial charge in [0.25, 0.3) is 0 Å². The Kier molecular flexibility index (Phi) is 6.52. The molecular formula is C30H27N5S. The number of benzene rings is 2. The maximum atomic E-state index is 5.01. The molecule has 1 fully saturated rings. The molecule has 0 atom stereocenters. The smallest absolute Gasteiger partial charge is 0.162 e. The van der Waals surface area contributed by atoms with Gasteiger partial charge >= 0.3 is 0 Å². The molecule has 2 aromatic carbocycles. The second-order valence-electron chi connectivity index (χ2n) is 8.99. The number of aromatic nitrogens is 3. The highest BCUT2D eigenvalue weighted by Crippen LogP contribution is 2.30. The van der Waals surface area contributed by atoms with Gasteiger partial charge in [0.15, 0.2) is 5.82 Å². The quantitative estimate of drug-likeness (QED) is 0.282. The van der Waals surface area contributed by atoms with E-state index in [2.05, 4.69) is 86.9 Å². The average molecular weight is 490 g/mol. The summed E-state index contributed by atoms with van der Waals surface area (Å²) >= 11 is 1.72. The lowest BCUT2D eigenvalue weighted by Crippen LogP contribution is -2.46. The van der Waals surface area contributed by atoms with Gasteiger partial charge < -0.3 is 4.90 Å². The van der Waals surface area contributed by atoms with Gasteiger partial charge in [-0.25, -0.2) is 9.97 Å². The first-order chi connectivity index (χ1) is 17.8. The zero-order chi connectivity index (χ0) is 24.2. The van der Waals surface area contributed by atoms with Crippen molar-refractivity contribution < 1.29 is 0 Å². The predicted octanol–water partition coefficient (Wildman–Crippen LogP) is 6.26. The van der Waals surface area contributed by atoms with Crippen molar-refractivity contribution in [3.05, 3.63) is 108 Å². The fourth-order valence-corrected chi connectivity index (χ4v) is 5.30. The maximum Gasteiger partial charge on any atom is 0.162 e. The molecule has 0 amide bonds. The third kappa shape index (κ3) is 5.05. The van der Waals surface area contributed by atoms with Gasteiger partial charge in [0.05, 0.1) is 5.69 Å². The van der Waals surface area contributed by atoms with E-state index in [1.165, 1.54) is 10.4 Å². The fourth-order valence-electron chi connectivity index (χ4n) is 4.59. The zero-order valence-electron chi connectivity index (χ0n) is 20.0. The van der Waals surface area contributed by atoms with Crippen LogP contribution in [-0.4, -0.2) is 46.0 Å². The number of hydrogen-bond donors (Lipinski definition) is 0. The fraction of sp³-hybridized carbons (Fsp3) is 0.167. The van der Waals surface area contributed by atoms with Gasteiger partial charge in [0.1, 0.15) is 5.82 Å². The monoisotopic (exact) mass is 489 g/mol. The number of rotatable bonds is 6. The standard InChI is InChI=1S/C30H27N5S/c1-3-8-23(9-4-1)22-34-13-15-35(16-14-34)29-19-27(32-30(33-29)24-10-5-2-6-11-24)25-18-26(21-31-20-25)28-12-7-17-36-28/h1-12,17-21H,13-16,22H2. The second kappa shape index (κ2) is 10.4. The van der Waals surface area contributed by atoms with Crippen LogP contribution in [0.5, 0.6) is 0 Å². The van der Waals surface area contributed by atoms with E-state index in [-0.39, 0.29) is 0 Å². The summed E-state index contributed by atoms with van der Waals surface area (Å²) in [5.41, 5.74) is 5.39. The lowest BCUT2D eigenvalue weighted by atomic mass is 10.1. The number of hydrogen-bond acceptors (Lipinski definition) is 6. The highest BCUT2D eigenvalue weighted by Gasteiger charge is 2.20. The highest BCUT2D eigenvalue weighted by molar-refractivity contribution is 7.13. The molecule has 4 heterocycles. The van der Waals surface area contributed by atoms with Crippen molar-refractivity contribution in [1.82, 2.24) is 19.9 Å². The Labute approximate surface area is 215 Å². The van der Waals surface area contributed by atoms with Crippen LogP contribution in [0.15, 0.2) is 103 Å². The molecule has 0 N–H and O–H groups in total. The second-order valence-corrected chi connectivity index (χ2v) is 9.94. The summed E-state index contributed by atoms with van der Waals surface area (Å²) in [6, 6.07) is 29.4. The van der Waals surface area contributed by atoms with Gasteiger partial charge in [-0.05, 0) is 23.1 Å². The summed E-state index contributed by atoms with van der Waals surface area (Å²) in [6.45, 7) is 4.87. The number of thiophene rings is 1. The van der Waals surface area contributed by atoms with Crippen LogP contribution in [0.1, 0.15) is 5.56 Å². The van der Waals surface area contributed by atoms with Gasteiger partial charge in [-0.3, -0.25) is 9.88 Å². The predicted molar refractivity (Wildman–Crippen MR) is 148 cm³/mol. The third-order valence-corrected chi connectivity index (χ3v) is 7.45. The van der Waals surface area contributed by atoms with Crippen LogP contribution in [0.3, 0.4) is 0 Å². The van der Waals surface area contributed by atoms with E-state index >= 15 is 0 Å². The summed E-state index contributed by atoms with van der Waals surface area (Å²) in [4.78, 5) is 20.6. The SMILES string of the molecule is c1ccc(CN2CCN(c3cc(-c4cncc(-c5cccs5)c4)nc(-c4ccccc4)n3)CC2)cc1. The molecule has 5 nitrogen and oxygen atoms in total. The summed E-state index contributed by atoms with van der Waals surface area (Å²) in [5, 5.41) is 2.09. The minimum atomic E-state index is 0.747. The minimum Gasteiger partial charge on any atom is -0.354 e. The molecular weight excluding hydrogens is 462 g/mol. The molecule has 0 saturated carbocycles. The Morgan fingerprint density at radius 1 is 0.694 bits per heavy atom. The van der Waals surface area contributed by atoms with Crippen molar-refractivity contribution >= 4 is 17.2 Å². The van der Waals surface area contributed by atoms with Crippen LogP contribution in [0, 0.1) is 0 Å². The van der Waals surface area contributed by atoms with Crippen molar-refractivity contribution in [1.29, 1.82) is 0 Å². The Hall–Kier alpha value is -3.87. The van der Waals surface area contributed by atoms with Crippen molar-refractivity contribution in [2.24, 2.45) is 0 Å². The van der Waals surface area contributed by atoms with Crippen LogP contribution >= 0.6 is 11.3 Å². The molecule has 6 rings (SSSR count). The first-order valence-corrected chi connectivity index (χ1v) is 13.1. The Morgan fingerprint density at radius 2 is 1.44 bits per heavy atom. The van der Waals surface area contributed by atoms with E-state index in [9.17, 15) is 0 Å². The Morgan fingerprint density at radius 3 is 2.19 bits per heavy atom. The minimum absolute atomic E-state index is 0.747. The molecule has 0 aliphatic carbocycles. The first-order valence-electron chi connectivity index (χ1n) is 12.3. The van der Waals surface area contributed by atoms with Crippen molar-refractivity contribution in [3.63, 3.8) is 0 Å². The van der Waals surface area contributed by atoms with Crippen LogP contribution < -0.4 is 4.90 Å². The Balaban J connectivity index is 1.30. The normalized spacial score (nSPS) is 14.2. The van der Waals surface area contributed by atoms with Gasteiger partial charge in [0, 0.05) is 72.8 Å². The molecule has 1 saturated heterocycles. The molecule has 36 heavy (non-hydrogen) atoms. The van der Waals surface area contributed by atoms with Crippen molar-refractivity contribution in [2.45, 2.75) is 6.54 Å². The van der Waals surface area contributed by atoms with Crippen molar-refractivity contribution in [3.8, 4) is 33.1 Å². The van der Waals surface area contributed by atoms with Crippen LogP contribution in [-0.2, 0) is 6.54 Å². The van der Waals surface area contributed by atoms with E-state index in [0.29, 0.717) is 0 Å². The molecule has 178 valence electrons. The van der Waals surface area contributed by atoms with Gasteiger partial charge in [0.2, 0.25) is 0 Å². The first kappa shape index (κ1) is 22.6. The van der Waals surface area contributed by atoms with Gasteiger partial charge in [-0.1, -0.05) is 66.7 Å². The van der Waals surface area contributed by atoms with E-state index in [1.54, 1.807) is 11.3 Å². The van der Waals surface area contributed by atoms with E-state index in [1.807, 2.05) is 30.6 Å². The van der Waals surface area contributed by atoms with E-state index < -0.39 is 0 Å². The van der Waals surface area contributed by atoms with Crippen molar-refractivity contribution in [2.75, 3.05) is 31.1 Å². The molecule has 3 aromatic heterocycles. The summed E-state index contributed by atoms with van der Waals surface area (Å²) in [6.07, 6.45) is 3.82. The Bertz CT molecular complexity index is 1410. The third-order valence-electron chi connectivity index (χ3n) is 6.53. The topological polar surface area (TPSA) is 45.2 Å². The number of pyridine rings is 1. The van der Waals surface area contributed by atoms with Gasteiger partial charge in [-0.2, -0.15) is 0 Å². The molecule has 0 bridgehead atoms. The molecule has 0 spiro atoms. The van der Waals surface area contributed by atoms with Crippen LogP contribution in [0.25, 0.3) is 33.1 Å². The largest absolute Gasteiger partial charge is 0.354 e. The highest BCUT2D eigenvalue weighted by atomic mass is 32.1.